The van der Waals surface area contributed by atoms with Gasteiger partial charge in [0.25, 0.3) is 0 Å². The summed E-state index contributed by atoms with van der Waals surface area (Å²) < 4.78 is 5.73. The van der Waals surface area contributed by atoms with Crippen LogP contribution in [0.15, 0.2) is 24.3 Å². The molecule has 2 rings (SSSR count). The van der Waals surface area contributed by atoms with Gasteiger partial charge in [-0.05, 0) is 45.2 Å². The van der Waals surface area contributed by atoms with Gasteiger partial charge in [-0.1, -0.05) is 31.2 Å². The van der Waals surface area contributed by atoms with E-state index in [1.165, 1.54) is 5.56 Å². The Bertz CT molecular complexity index is 453. The average Bonchev–Trinajstić information content (AvgIpc) is 2.54. The van der Waals surface area contributed by atoms with Crippen molar-refractivity contribution in [1.29, 1.82) is 0 Å². The van der Waals surface area contributed by atoms with Crippen LogP contribution in [0.4, 0.5) is 0 Å². The molecule has 1 fully saturated rings. The zero-order valence-electron chi connectivity index (χ0n) is 13.5. The van der Waals surface area contributed by atoms with Crippen molar-refractivity contribution in [3.63, 3.8) is 0 Å². The molecule has 0 aliphatic carbocycles. The number of carbonyl (C=O) groups is 1. The first-order chi connectivity index (χ1) is 10.2. The summed E-state index contributed by atoms with van der Waals surface area (Å²) in [6, 6.07) is 7.96. The van der Waals surface area contributed by atoms with Crippen LogP contribution in [-0.4, -0.2) is 42.5 Å². The van der Waals surface area contributed by atoms with Crippen molar-refractivity contribution in [2.75, 3.05) is 19.7 Å². The first kappa shape index (κ1) is 16.2. The maximum absolute atomic E-state index is 12.6. The molecule has 116 valence electrons. The molecule has 0 N–H and O–H groups in total. The van der Waals surface area contributed by atoms with Gasteiger partial charge in [-0.2, -0.15) is 0 Å². The summed E-state index contributed by atoms with van der Waals surface area (Å²) in [4.78, 5) is 14.9. The molecule has 1 aliphatic heterocycles. The molecule has 0 spiro atoms. The molecule has 1 aromatic rings. The Morgan fingerprint density at radius 2 is 2.05 bits per heavy atom. The van der Waals surface area contributed by atoms with Crippen molar-refractivity contribution in [2.24, 2.45) is 0 Å². The van der Waals surface area contributed by atoms with E-state index in [-0.39, 0.29) is 17.9 Å². The van der Waals surface area contributed by atoms with E-state index in [1.54, 1.807) is 0 Å². The number of rotatable bonds is 6. The molecule has 0 amide bonds. The maximum Gasteiger partial charge on any atom is 0.179 e. The molecule has 1 aromatic carbocycles. The molecule has 1 saturated heterocycles. The zero-order valence-corrected chi connectivity index (χ0v) is 13.5. The summed E-state index contributed by atoms with van der Waals surface area (Å²) >= 11 is 0. The highest BCUT2D eigenvalue weighted by Crippen LogP contribution is 2.18. The van der Waals surface area contributed by atoms with Crippen LogP contribution in [0, 0.1) is 0 Å². The number of piperidine rings is 1. The SMILES string of the molecule is CCOC1CCCN(C(C)C(=O)c2ccc(CC)cc2)C1. The van der Waals surface area contributed by atoms with Crippen LogP contribution in [0.25, 0.3) is 0 Å². The second kappa shape index (κ2) is 7.71. The van der Waals surface area contributed by atoms with Crippen molar-refractivity contribution < 1.29 is 9.53 Å². The predicted molar refractivity (Wildman–Crippen MR) is 85.8 cm³/mol. The molecule has 3 nitrogen and oxygen atoms in total. The van der Waals surface area contributed by atoms with E-state index in [2.05, 4.69) is 24.0 Å². The van der Waals surface area contributed by atoms with Crippen LogP contribution < -0.4 is 0 Å². The average molecular weight is 289 g/mol. The van der Waals surface area contributed by atoms with Gasteiger partial charge in [0.05, 0.1) is 12.1 Å². The Morgan fingerprint density at radius 1 is 1.33 bits per heavy atom. The molecule has 1 aliphatic rings. The standard InChI is InChI=1S/C18H27NO2/c1-4-15-8-10-16(11-9-15)18(20)14(3)19-12-6-7-17(13-19)21-5-2/h8-11,14,17H,4-7,12-13H2,1-3H3. The van der Waals surface area contributed by atoms with E-state index in [1.807, 2.05) is 26.0 Å². The van der Waals surface area contributed by atoms with Gasteiger partial charge >= 0.3 is 0 Å². The summed E-state index contributed by atoms with van der Waals surface area (Å²) in [6.45, 7) is 8.78. The number of hydrogen-bond acceptors (Lipinski definition) is 3. The topological polar surface area (TPSA) is 29.5 Å². The second-order valence-electron chi connectivity index (χ2n) is 5.81. The molecule has 0 bridgehead atoms. The highest BCUT2D eigenvalue weighted by Gasteiger charge is 2.28. The van der Waals surface area contributed by atoms with Crippen molar-refractivity contribution >= 4 is 5.78 Å². The summed E-state index contributed by atoms with van der Waals surface area (Å²) in [7, 11) is 0. The van der Waals surface area contributed by atoms with Gasteiger partial charge in [0, 0.05) is 18.7 Å². The third-order valence-corrected chi connectivity index (χ3v) is 4.39. The lowest BCUT2D eigenvalue weighted by molar-refractivity contribution is -0.00290. The van der Waals surface area contributed by atoms with E-state index >= 15 is 0 Å². The highest BCUT2D eigenvalue weighted by molar-refractivity contribution is 5.99. The summed E-state index contributed by atoms with van der Waals surface area (Å²) in [5.74, 6) is 0.217. The van der Waals surface area contributed by atoms with Crippen molar-refractivity contribution in [3.05, 3.63) is 35.4 Å². The third-order valence-electron chi connectivity index (χ3n) is 4.39. The monoisotopic (exact) mass is 289 g/mol. The molecule has 0 aromatic heterocycles. The molecule has 21 heavy (non-hydrogen) atoms. The number of benzene rings is 1. The molecule has 2 atom stereocenters. The predicted octanol–water partition coefficient (Wildman–Crippen LogP) is 3.32. The summed E-state index contributed by atoms with van der Waals surface area (Å²) in [5, 5.41) is 0. The zero-order chi connectivity index (χ0) is 15.2. The van der Waals surface area contributed by atoms with Gasteiger partial charge in [0.1, 0.15) is 0 Å². The number of nitrogens with zero attached hydrogens (tertiary/aromatic N) is 1. The number of Topliss-reactive ketones (excluding diaryl/α,β-unsaturated/α-hetero) is 1. The smallest absolute Gasteiger partial charge is 0.179 e. The first-order valence-corrected chi connectivity index (χ1v) is 8.14. The number of carbonyl (C=O) groups excluding carboxylic acids is 1. The van der Waals surface area contributed by atoms with Crippen molar-refractivity contribution in [2.45, 2.75) is 52.2 Å². The number of aryl methyl sites for hydroxylation is 1. The Kier molecular flexibility index (Phi) is 5.95. The van der Waals surface area contributed by atoms with E-state index < -0.39 is 0 Å². The number of ketones is 1. The number of hydrogen-bond donors (Lipinski definition) is 0. The van der Waals surface area contributed by atoms with Crippen LogP contribution in [0.5, 0.6) is 0 Å². The van der Waals surface area contributed by atoms with Gasteiger partial charge in [0.15, 0.2) is 5.78 Å². The lowest BCUT2D eigenvalue weighted by Crippen LogP contribution is -2.47. The number of likely N-dealkylation sites (tertiary alicyclic amines) is 1. The lowest BCUT2D eigenvalue weighted by atomic mass is 9.99. The molecule has 1 heterocycles. The van der Waals surface area contributed by atoms with E-state index in [0.717, 1.165) is 44.5 Å². The van der Waals surface area contributed by atoms with Gasteiger partial charge in [0.2, 0.25) is 0 Å². The van der Waals surface area contributed by atoms with Gasteiger partial charge < -0.3 is 4.74 Å². The summed E-state index contributed by atoms with van der Waals surface area (Å²) in [6.07, 6.45) is 3.50. The molecular formula is C18H27NO2. The van der Waals surface area contributed by atoms with Gasteiger partial charge in [-0.3, -0.25) is 9.69 Å². The Morgan fingerprint density at radius 3 is 2.67 bits per heavy atom. The Labute approximate surface area is 128 Å². The summed E-state index contributed by atoms with van der Waals surface area (Å²) in [5.41, 5.74) is 2.09. The molecular weight excluding hydrogens is 262 g/mol. The van der Waals surface area contributed by atoms with Crippen LogP contribution in [0.1, 0.15) is 49.5 Å². The van der Waals surface area contributed by atoms with E-state index in [9.17, 15) is 4.79 Å². The maximum atomic E-state index is 12.6. The number of ether oxygens (including phenoxy) is 1. The third kappa shape index (κ3) is 4.14. The Balaban J connectivity index is 2.00. The minimum atomic E-state index is -0.0688. The second-order valence-corrected chi connectivity index (χ2v) is 5.81. The normalized spacial score (nSPS) is 21.2. The van der Waals surface area contributed by atoms with Crippen molar-refractivity contribution in [3.8, 4) is 0 Å². The first-order valence-electron chi connectivity index (χ1n) is 8.14. The highest BCUT2D eigenvalue weighted by atomic mass is 16.5. The van der Waals surface area contributed by atoms with E-state index in [0.29, 0.717) is 0 Å². The van der Waals surface area contributed by atoms with Crippen LogP contribution in [0.2, 0.25) is 0 Å². The fraction of sp³-hybridized carbons (Fsp3) is 0.611. The van der Waals surface area contributed by atoms with Gasteiger partial charge in [-0.25, -0.2) is 0 Å². The van der Waals surface area contributed by atoms with Gasteiger partial charge in [-0.15, -0.1) is 0 Å². The lowest BCUT2D eigenvalue weighted by Gasteiger charge is -2.35. The fourth-order valence-electron chi connectivity index (χ4n) is 3.00. The van der Waals surface area contributed by atoms with Crippen molar-refractivity contribution in [1.82, 2.24) is 4.90 Å². The van der Waals surface area contributed by atoms with Crippen LogP contribution in [-0.2, 0) is 11.2 Å². The molecule has 3 heteroatoms. The van der Waals surface area contributed by atoms with Crippen LogP contribution in [0.3, 0.4) is 0 Å². The largest absolute Gasteiger partial charge is 0.377 e. The molecule has 0 saturated carbocycles. The quantitative estimate of drug-likeness (QED) is 0.752. The molecule has 2 unspecified atom stereocenters. The fourth-order valence-corrected chi connectivity index (χ4v) is 3.00. The molecule has 0 radical (unpaired) electrons. The minimum absolute atomic E-state index is 0.0688. The van der Waals surface area contributed by atoms with E-state index in [4.69, 9.17) is 4.74 Å². The van der Waals surface area contributed by atoms with Crippen LogP contribution >= 0.6 is 0 Å². The minimum Gasteiger partial charge on any atom is -0.377 e. The Hall–Kier alpha value is -1.19.